The average molecular weight is 528 g/mol. The minimum Gasteiger partial charge on any atom is -0.504 e. The third-order valence-electron chi connectivity index (χ3n) is 5.39. The van der Waals surface area contributed by atoms with E-state index in [4.69, 9.17) is 9.84 Å². The number of methoxy groups -OCH3 is 1. The van der Waals surface area contributed by atoms with Crippen LogP contribution in [0, 0.1) is 0 Å². The number of fused-ring (bicyclic) bond motifs is 1. The highest BCUT2D eigenvalue weighted by Crippen LogP contribution is 2.36. The summed E-state index contributed by atoms with van der Waals surface area (Å²) in [5.74, 6) is -1.03. The number of likely N-dealkylation sites (N-methyl/N-ethyl adjacent to an activating group) is 1. The molecule has 37 heavy (non-hydrogen) atoms. The molecular weight excluding hydrogens is 502 g/mol. The number of nitrogens with one attached hydrogen (secondary N) is 1. The second-order valence-corrected chi connectivity index (χ2v) is 9.72. The van der Waals surface area contributed by atoms with Crippen molar-refractivity contribution in [2.75, 3.05) is 19.5 Å². The van der Waals surface area contributed by atoms with Crippen molar-refractivity contribution in [2.24, 2.45) is 0 Å². The zero-order valence-corrected chi connectivity index (χ0v) is 20.7. The third-order valence-corrected chi connectivity index (χ3v) is 7.31. The van der Waals surface area contributed by atoms with E-state index in [1.165, 1.54) is 44.6 Å². The topological polar surface area (TPSA) is 166 Å². The van der Waals surface area contributed by atoms with Crippen LogP contribution < -0.4 is 10.1 Å². The molecule has 0 radical (unpaired) electrons. The fraction of sp³-hybridized carbons (Fsp3) is 0.160. The predicted molar refractivity (Wildman–Crippen MR) is 134 cm³/mol. The molecule has 4 N–H and O–H groups in total. The molecule has 1 aromatic heterocycles. The zero-order chi connectivity index (χ0) is 27.2. The first-order valence-electron chi connectivity index (χ1n) is 10.8. The summed E-state index contributed by atoms with van der Waals surface area (Å²) in [4.78, 5) is 26.7. The molecule has 0 aliphatic carbocycles. The van der Waals surface area contributed by atoms with E-state index in [0.717, 1.165) is 10.4 Å². The Hall–Kier alpha value is -4.26. The molecule has 0 saturated heterocycles. The number of nitrogens with zero attached hydrogens (tertiary/aromatic N) is 2. The molecular formula is C25H25N3O8S. The Kier molecular flexibility index (Phi) is 8.60. The van der Waals surface area contributed by atoms with E-state index in [1.54, 1.807) is 42.5 Å². The van der Waals surface area contributed by atoms with Gasteiger partial charge in [-0.1, -0.05) is 30.3 Å². The number of phenolic OH excluding ortho intramolecular Hbond substituents is 1. The van der Waals surface area contributed by atoms with Gasteiger partial charge in [0.05, 0.1) is 12.0 Å². The summed E-state index contributed by atoms with van der Waals surface area (Å²) in [5.41, 5.74) is 0.869. The number of benzene rings is 2. The molecule has 1 aliphatic heterocycles. The van der Waals surface area contributed by atoms with Crippen LogP contribution in [0.4, 0.5) is 5.82 Å². The normalized spacial score (nSPS) is 18.2. The first-order chi connectivity index (χ1) is 17.6. The van der Waals surface area contributed by atoms with E-state index in [9.17, 15) is 28.2 Å². The fourth-order valence-electron chi connectivity index (χ4n) is 3.54. The molecule has 11 nitrogen and oxygen atoms in total. The highest BCUT2D eigenvalue weighted by atomic mass is 32.2. The highest BCUT2D eigenvalue weighted by Gasteiger charge is 2.45. The fourth-order valence-corrected chi connectivity index (χ4v) is 5.10. The van der Waals surface area contributed by atoms with Gasteiger partial charge in [0.15, 0.2) is 11.5 Å². The minimum atomic E-state index is -3.85. The largest absolute Gasteiger partial charge is 0.504 e. The number of hydrogen-bond donors (Lipinski definition) is 4. The van der Waals surface area contributed by atoms with Crippen molar-refractivity contribution in [3.8, 4) is 11.5 Å². The number of sulfonamides is 1. The quantitative estimate of drug-likeness (QED) is 0.364. The molecule has 0 bridgehead atoms. The van der Waals surface area contributed by atoms with Gasteiger partial charge in [0.2, 0.25) is 15.9 Å². The second kappa shape index (κ2) is 11.6. The van der Waals surface area contributed by atoms with Crippen molar-refractivity contribution < 1.29 is 38.1 Å². The molecule has 3 aromatic rings. The number of amides is 1. The molecule has 1 aliphatic rings. The van der Waals surface area contributed by atoms with Crippen LogP contribution in [0.5, 0.6) is 11.5 Å². The van der Waals surface area contributed by atoms with E-state index in [0.29, 0.717) is 11.3 Å². The van der Waals surface area contributed by atoms with Gasteiger partial charge in [0.1, 0.15) is 18.0 Å². The Balaban J connectivity index is 0.000000233. The van der Waals surface area contributed by atoms with Crippen molar-refractivity contribution in [3.05, 3.63) is 84.1 Å². The predicted octanol–water partition coefficient (Wildman–Crippen LogP) is 2.26. The number of ether oxygens (including phenoxy) is 1. The number of aliphatic hydroxyl groups is 1. The summed E-state index contributed by atoms with van der Waals surface area (Å²) in [6, 6.07) is 14.4. The van der Waals surface area contributed by atoms with Gasteiger partial charge >= 0.3 is 5.97 Å². The van der Waals surface area contributed by atoms with Crippen LogP contribution in [0.25, 0.3) is 6.08 Å². The van der Waals surface area contributed by atoms with Crippen LogP contribution in [0.1, 0.15) is 17.2 Å². The average Bonchev–Trinajstić information content (AvgIpc) is 2.88. The lowest BCUT2D eigenvalue weighted by molar-refractivity contribution is -0.131. The molecule has 2 aromatic carbocycles. The Labute approximate surface area is 213 Å². The number of anilines is 1. The number of carboxylic acid groups (broad SMARTS) is 1. The van der Waals surface area contributed by atoms with Crippen LogP contribution in [0.15, 0.2) is 77.8 Å². The first-order valence-corrected chi connectivity index (χ1v) is 12.2. The lowest BCUT2D eigenvalue weighted by atomic mass is 10.0. The Bertz CT molecular complexity index is 1410. The van der Waals surface area contributed by atoms with E-state index in [1.807, 2.05) is 0 Å². The smallest absolute Gasteiger partial charge is 0.328 e. The van der Waals surface area contributed by atoms with Crippen LogP contribution in [-0.4, -0.2) is 65.1 Å². The zero-order valence-electron chi connectivity index (χ0n) is 19.8. The number of aliphatic hydroxyl groups excluding tert-OH is 1. The number of aromatic nitrogens is 1. The van der Waals surface area contributed by atoms with Crippen LogP contribution >= 0.6 is 0 Å². The molecule has 194 valence electrons. The maximum absolute atomic E-state index is 12.5. The standard InChI is InChI=1S/C15H15N3O4S.C10H10O4/c1-18-13(15(20)17-12-8-4-5-9-16-12)14(19)10-6-2-3-7-11(10)23(18,21)22;1-14-9-6-7(2-4-8(9)11)3-5-10(12)13/h2-9,13-14,19H,1H3,(H,16,17,20);2-6,11H,1H3,(H,12,13)/b;5-3+. The number of carboxylic acids is 1. The van der Waals surface area contributed by atoms with Crippen molar-refractivity contribution in [2.45, 2.75) is 17.0 Å². The van der Waals surface area contributed by atoms with Gasteiger partial charge in [0, 0.05) is 24.9 Å². The van der Waals surface area contributed by atoms with Gasteiger partial charge in [-0.3, -0.25) is 4.79 Å². The van der Waals surface area contributed by atoms with Crippen LogP contribution in [0.3, 0.4) is 0 Å². The molecule has 2 atom stereocenters. The Morgan fingerprint density at radius 1 is 1.11 bits per heavy atom. The number of aromatic hydroxyl groups is 1. The molecule has 12 heteroatoms. The van der Waals surface area contributed by atoms with Gasteiger partial charge in [-0.2, -0.15) is 4.31 Å². The van der Waals surface area contributed by atoms with Crippen LogP contribution in [0.2, 0.25) is 0 Å². The van der Waals surface area contributed by atoms with Crippen molar-refractivity contribution in [3.63, 3.8) is 0 Å². The van der Waals surface area contributed by atoms with Gasteiger partial charge < -0.3 is 25.4 Å². The van der Waals surface area contributed by atoms with Gasteiger partial charge in [0.25, 0.3) is 0 Å². The Morgan fingerprint density at radius 2 is 1.81 bits per heavy atom. The minimum absolute atomic E-state index is 0.0110. The summed E-state index contributed by atoms with van der Waals surface area (Å²) < 4.78 is 30.8. The molecule has 4 rings (SSSR count). The molecule has 0 fully saturated rings. The van der Waals surface area contributed by atoms with Crippen molar-refractivity contribution in [1.29, 1.82) is 0 Å². The summed E-state index contributed by atoms with van der Waals surface area (Å²) in [7, 11) is -1.14. The van der Waals surface area contributed by atoms with Gasteiger partial charge in [-0.05, 0) is 42.0 Å². The number of hydrogen-bond acceptors (Lipinski definition) is 8. The molecule has 0 saturated carbocycles. The number of aliphatic carboxylic acids is 1. The number of carbonyl (C=O) groups is 2. The van der Waals surface area contributed by atoms with E-state index in [-0.39, 0.29) is 22.0 Å². The van der Waals surface area contributed by atoms with Gasteiger partial charge in [-0.25, -0.2) is 18.2 Å². The van der Waals surface area contributed by atoms with E-state index in [2.05, 4.69) is 10.3 Å². The van der Waals surface area contributed by atoms with E-state index >= 15 is 0 Å². The molecule has 2 unspecified atom stereocenters. The maximum atomic E-state index is 12.5. The summed E-state index contributed by atoms with van der Waals surface area (Å²) in [6.07, 6.45) is 2.68. The second-order valence-electron chi connectivity index (χ2n) is 7.76. The summed E-state index contributed by atoms with van der Waals surface area (Å²) in [5, 5.41) is 30.6. The number of rotatable bonds is 5. The maximum Gasteiger partial charge on any atom is 0.328 e. The number of carbonyl (C=O) groups excluding carboxylic acids is 1. The lowest BCUT2D eigenvalue weighted by Crippen LogP contribution is -2.51. The summed E-state index contributed by atoms with van der Waals surface area (Å²) >= 11 is 0. The van der Waals surface area contributed by atoms with E-state index < -0.39 is 34.0 Å². The van der Waals surface area contributed by atoms with Crippen molar-refractivity contribution in [1.82, 2.24) is 9.29 Å². The number of pyridine rings is 1. The monoisotopic (exact) mass is 527 g/mol. The molecule has 0 spiro atoms. The highest BCUT2D eigenvalue weighted by molar-refractivity contribution is 7.89. The van der Waals surface area contributed by atoms with Crippen LogP contribution in [-0.2, 0) is 19.6 Å². The van der Waals surface area contributed by atoms with Crippen molar-refractivity contribution >= 4 is 33.8 Å². The Morgan fingerprint density at radius 3 is 2.46 bits per heavy atom. The molecule has 2 heterocycles. The number of phenols is 1. The first kappa shape index (κ1) is 27.3. The lowest BCUT2D eigenvalue weighted by Gasteiger charge is -2.35. The molecule has 1 amide bonds. The SMILES string of the molecule is CN1C(C(=O)Nc2ccccn2)C(O)c2ccccc2S1(=O)=O.COc1cc(/C=C/C(=O)O)ccc1O. The third kappa shape index (κ3) is 6.30. The summed E-state index contributed by atoms with van der Waals surface area (Å²) in [6.45, 7) is 0. The van der Waals surface area contributed by atoms with Gasteiger partial charge in [-0.15, -0.1) is 0 Å².